The summed E-state index contributed by atoms with van der Waals surface area (Å²) in [6, 6.07) is 4.48. The van der Waals surface area contributed by atoms with Gasteiger partial charge in [0.05, 0.1) is 5.69 Å². The van der Waals surface area contributed by atoms with E-state index in [-0.39, 0.29) is 10.8 Å². The second-order valence-corrected chi connectivity index (χ2v) is 6.99. The van der Waals surface area contributed by atoms with Crippen LogP contribution < -0.4 is 10.9 Å². The number of hydrogen-bond donors (Lipinski definition) is 2. The lowest BCUT2D eigenvalue weighted by atomic mass is 9.73. The minimum atomic E-state index is 0.182. The van der Waals surface area contributed by atoms with Gasteiger partial charge in [-0.25, -0.2) is 5.43 Å². The molecule has 1 aromatic carbocycles. The molecule has 17 heavy (non-hydrogen) atoms. The van der Waals surface area contributed by atoms with Crippen LogP contribution in [-0.4, -0.2) is 0 Å². The first-order valence-electron chi connectivity index (χ1n) is 6.37. The predicted molar refractivity (Wildman–Crippen MR) is 74.3 cm³/mol. The van der Waals surface area contributed by atoms with Gasteiger partial charge in [0.15, 0.2) is 0 Å². The van der Waals surface area contributed by atoms with E-state index in [0.717, 1.165) is 6.54 Å². The van der Waals surface area contributed by atoms with Gasteiger partial charge in [-0.1, -0.05) is 47.6 Å². The van der Waals surface area contributed by atoms with E-state index in [1.807, 2.05) is 0 Å². The summed E-state index contributed by atoms with van der Waals surface area (Å²) < 4.78 is 0. The predicted octanol–water partition coefficient (Wildman–Crippen LogP) is 3.71. The summed E-state index contributed by atoms with van der Waals surface area (Å²) in [5, 5.41) is 0. The fraction of sp³-hybridized carbons (Fsp3) is 0.600. The molecule has 0 aromatic heterocycles. The van der Waals surface area contributed by atoms with Crippen LogP contribution in [0.1, 0.15) is 58.2 Å². The molecule has 2 rings (SSSR count). The zero-order valence-electron chi connectivity index (χ0n) is 11.9. The third-order valence-electron chi connectivity index (χ3n) is 3.36. The number of rotatable bonds is 0. The zero-order valence-corrected chi connectivity index (χ0v) is 11.9. The Labute approximate surface area is 105 Å². The number of anilines is 1. The fourth-order valence-electron chi connectivity index (χ4n) is 2.66. The Morgan fingerprint density at radius 2 is 1.59 bits per heavy atom. The molecule has 1 aliphatic heterocycles. The molecule has 0 bridgehead atoms. The Bertz CT molecular complexity index is 433. The summed E-state index contributed by atoms with van der Waals surface area (Å²) in [6.07, 6.45) is 0. The van der Waals surface area contributed by atoms with Gasteiger partial charge >= 0.3 is 0 Å². The molecule has 0 saturated carbocycles. The van der Waals surface area contributed by atoms with Crippen molar-refractivity contribution < 1.29 is 0 Å². The Balaban J connectivity index is 2.70. The van der Waals surface area contributed by atoms with Crippen molar-refractivity contribution in [1.82, 2.24) is 5.43 Å². The number of hydrazine groups is 1. The molecule has 1 aromatic rings. The number of benzene rings is 1. The van der Waals surface area contributed by atoms with Crippen molar-refractivity contribution in [3.8, 4) is 0 Å². The molecule has 0 spiro atoms. The van der Waals surface area contributed by atoms with Crippen molar-refractivity contribution in [3.05, 3.63) is 28.8 Å². The van der Waals surface area contributed by atoms with Crippen LogP contribution >= 0.6 is 0 Å². The summed E-state index contributed by atoms with van der Waals surface area (Å²) >= 11 is 0. The lowest BCUT2D eigenvalue weighted by Gasteiger charge is -2.32. The van der Waals surface area contributed by atoms with Gasteiger partial charge in [0.25, 0.3) is 0 Å². The Morgan fingerprint density at radius 1 is 0.941 bits per heavy atom. The van der Waals surface area contributed by atoms with Crippen LogP contribution in [0.2, 0.25) is 0 Å². The lowest BCUT2D eigenvalue weighted by molar-refractivity contribution is 0.525. The molecule has 2 N–H and O–H groups in total. The molecule has 1 heterocycles. The van der Waals surface area contributed by atoms with Crippen molar-refractivity contribution in [2.75, 3.05) is 5.43 Å². The highest BCUT2D eigenvalue weighted by molar-refractivity contribution is 5.62. The minimum Gasteiger partial charge on any atom is -0.321 e. The highest BCUT2D eigenvalue weighted by atomic mass is 15.4. The largest absolute Gasteiger partial charge is 0.321 e. The maximum absolute atomic E-state index is 3.24. The monoisotopic (exact) mass is 232 g/mol. The van der Waals surface area contributed by atoms with Crippen LogP contribution in [0, 0.1) is 0 Å². The second kappa shape index (κ2) is 3.74. The smallest absolute Gasteiger partial charge is 0.0536 e. The normalized spacial score (nSPS) is 15.6. The standard InChI is InChI=1S/C15H24N2/c1-14(2,3)11-7-8-12-10(9-16-17-12)13(11)15(4,5)6/h7-8,16-17H,9H2,1-6H3. The summed E-state index contributed by atoms with van der Waals surface area (Å²) in [4.78, 5) is 0. The van der Waals surface area contributed by atoms with Gasteiger partial charge in [-0.05, 0) is 33.6 Å². The molecule has 0 radical (unpaired) electrons. The van der Waals surface area contributed by atoms with Crippen LogP contribution in [0.5, 0.6) is 0 Å². The first kappa shape index (κ1) is 12.4. The maximum atomic E-state index is 3.24. The SMILES string of the molecule is CC(C)(C)c1ccc2c(c1C(C)(C)C)CNN2. The Hall–Kier alpha value is -1.02. The molecule has 2 nitrogen and oxygen atoms in total. The Kier molecular flexibility index (Phi) is 2.74. The number of fused-ring (bicyclic) bond motifs is 1. The molecule has 0 aliphatic carbocycles. The molecule has 0 atom stereocenters. The zero-order chi connectivity index (χ0) is 12.8. The van der Waals surface area contributed by atoms with Crippen molar-refractivity contribution in [2.45, 2.75) is 58.9 Å². The second-order valence-electron chi connectivity index (χ2n) is 6.99. The molecule has 0 fully saturated rings. The van der Waals surface area contributed by atoms with Crippen LogP contribution in [0.3, 0.4) is 0 Å². The van der Waals surface area contributed by atoms with Crippen LogP contribution in [0.25, 0.3) is 0 Å². The van der Waals surface area contributed by atoms with Gasteiger partial charge in [0, 0.05) is 6.54 Å². The molecule has 0 unspecified atom stereocenters. The van der Waals surface area contributed by atoms with E-state index in [0.29, 0.717) is 0 Å². The third kappa shape index (κ3) is 2.19. The van der Waals surface area contributed by atoms with Gasteiger partial charge in [-0.15, -0.1) is 0 Å². The van der Waals surface area contributed by atoms with E-state index < -0.39 is 0 Å². The van der Waals surface area contributed by atoms with E-state index in [2.05, 4.69) is 64.5 Å². The quantitative estimate of drug-likeness (QED) is 0.712. The molecular weight excluding hydrogens is 208 g/mol. The molecule has 0 saturated heterocycles. The highest BCUT2D eigenvalue weighted by Gasteiger charge is 2.30. The van der Waals surface area contributed by atoms with Crippen LogP contribution in [-0.2, 0) is 17.4 Å². The van der Waals surface area contributed by atoms with Crippen LogP contribution in [0.4, 0.5) is 5.69 Å². The van der Waals surface area contributed by atoms with Gasteiger partial charge in [0.2, 0.25) is 0 Å². The van der Waals surface area contributed by atoms with Gasteiger partial charge in [-0.2, -0.15) is 0 Å². The third-order valence-corrected chi connectivity index (χ3v) is 3.36. The van der Waals surface area contributed by atoms with E-state index in [4.69, 9.17) is 0 Å². The van der Waals surface area contributed by atoms with Gasteiger partial charge in [-0.3, -0.25) is 0 Å². The molecular formula is C15H24N2. The maximum Gasteiger partial charge on any atom is 0.0536 e. The molecule has 2 heteroatoms. The first-order chi connectivity index (χ1) is 7.71. The number of nitrogens with one attached hydrogen (secondary N) is 2. The topological polar surface area (TPSA) is 24.1 Å². The molecule has 1 aliphatic rings. The van der Waals surface area contributed by atoms with Crippen molar-refractivity contribution in [3.63, 3.8) is 0 Å². The minimum absolute atomic E-state index is 0.182. The molecule has 0 amide bonds. The first-order valence-corrected chi connectivity index (χ1v) is 6.37. The van der Waals surface area contributed by atoms with E-state index in [9.17, 15) is 0 Å². The van der Waals surface area contributed by atoms with E-state index >= 15 is 0 Å². The average molecular weight is 232 g/mol. The van der Waals surface area contributed by atoms with Crippen LogP contribution in [0.15, 0.2) is 12.1 Å². The molecule has 94 valence electrons. The summed E-state index contributed by atoms with van der Waals surface area (Å²) in [7, 11) is 0. The van der Waals surface area contributed by atoms with Gasteiger partial charge < -0.3 is 5.43 Å². The van der Waals surface area contributed by atoms with Crippen molar-refractivity contribution in [2.24, 2.45) is 0 Å². The Morgan fingerprint density at radius 3 is 2.12 bits per heavy atom. The van der Waals surface area contributed by atoms with Crippen molar-refractivity contribution in [1.29, 1.82) is 0 Å². The van der Waals surface area contributed by atoms with E-state index in [1.54, 1.807) is 0 Å². The highest BCUT2D eigenvalue weighted by Crippen LogP contribution is 2.40. The summed E-state index contributed by atoms with van der Waals surface area (Å²) in [5.41, 5.74) is 12.5. The lowest BCUT2D eigenvalue weighted by Crippen LogP contribution is -2.23. The van der Waals surface area contributed by atoms with E-state index in [1.165, 1.54) is 22.4 Å². The fourth-order valence-corrected chi connectivity index (χ4v) is 2.66. The van der Waals surface area contributed by atoms with Gasteiger partial charge in [0.1, 0.15) is 0 Å². The summed E-state index contributed by atoms with van der Waals surface area (Å²) in [5.74, 6) is 0. The average Bonchev–Trinajstić information content (AvgIpc) is 2.59. The number of hydrogen-bond acceptors (Lipinski definition) is 2. The summed E-state index contributed by atoms with van der Waals surface area (Å²) in [6.45, 7) is 14.7. The van der Waals surface area contributed by atoms with Crippen molar-refractivity contribution >= 4 is 5.69 Å².